The van der Waals surface area contributed by atoms with E-state index in [1.54, 1.807) is 7.11 Å². The molecular weight excluding hydrogens is 266 g/mol. The lowest BCUT2D eigenvalue weighted by molar-refractivity contribution is 0.358. The third-order valence-corrected chi connectivity index (χ3v) is 3.28. The summed E-state index contributed by atoms with van der Waals surface area (Å²) < 4.78 is 10.7. The second kappa shape index (κ2) is 6.72. The van der Waals surface area contributed by atoms with E-state index in [9.17, 15) is 0 Å². The smallest absolute Gasteiger partial charge is 0.228 e. The molecule has 0 saturated carbocycles. The number of benzene rings is 1. The Labute approximate surface area is 125 Å². The van der Waals surface area contributed by atoms with E-state index in [2.05, 4.69) is 24.0 Å². The fourth-order valence-corrected chi connectivity index (χ4v) is 2.34. The van der Waals surface area contributed by atoms with Gasteiger partial charge in [-0.3, -0.25) is 0 Å². The summed E-state index contributed by atoms with van der Waals surface area (Å²) in [6.45, 7) is 6.31. The van der Waals surface area contributed by atoms with Crippen molar-refractivity contribution in [3.8, 4) is 17.1 Å². The van der Waals surface area contributed by atoms with E-state index in [-0.39, 0.29) is 6.04 Å². The summed E-state index contributed by atoms with van der Waals surface area (Å²) in [5, 5.41) is 4.04. The summed E-state index contributed by atoms with van der Waals surface area (Å²) in [5.41, 5.74) is 8.03. The first-order valence-electron chi connectivity index (χ1n) is 7.22. The van der Waals surface area contributed by atoms with Gasteiger partial charge in [-0.05, 0) is 37.0 Å². The van der Waals surface area contributed by atoms with E-state index >= 15 is 0 Å². The van der Waals surface area contributed by atoms with Crippen molar-refractivity contribution in [1.29, 1.82) is 0 Å². The van der Waals surface area contributed by atoms with Crippen LogP contribution >= 0.6 is 0 Å². The van der Waals surface area contributed by atoms with Gasteiger partial charge in [-0.15, -0.1) is 0 Å². The quantitative estimate of drug-likeness (QED) is 0.885. The fraction of sp³-hybridized carbons (Fsp3) is 0.500. The molecule has 2 N–H and O–H groups in total. The highest BCUT2D eigenvalue weighted by Crippen LogP contribution is 2.28. The molecule has 1 atom stereocenters. The summed E-state index contributed by atoms with van der Waals surface area (Å²) in [4.78, 5) is 4.43. The standard InChI is InChI=1S/C16H23N3O2/c1-10(2)7-12(17)9-15-18-16(19-21-15)13-6-5-11(3)8-14(13)20-4/h5-6,8,10,12H,7,9,17H2,1-4H3. The Balaban J connectivity index is 2.16. The monoisotopic (exact) mass is 289 g/mol. The van der Waals surface area contributed by atoms with Crippen LogP contribution in [0.1, 0.15) is 31.7 Å². The molecule has 2 aromatic rings. The highest BCUT2D eigenvalue weighted by atomic mass is 16.5. The van der Waals surface area contributed by atoms with Gasteiger partial charge in [0, 0.05) is 12.5 Å². The summed E-state index contributed by atoms with van der Waals surface area (Å²) in [7, 11) is 1.64. The first-order chi connectivity index (χ1) is 9.99. The van der Waals surface area contributed by atoms with Crippen LogP contribution in [0.4, 0.5) is 0 Å². The molecule has 1 heterocycles. The van der Waals surface area contributed by atoms with E-state index in [0.29, 0.717) is 24.1 Å². The van der Waals surface area contributed by atoms with E-state index in [1.807, 2.05) is 25.1 Å². The van der Waals surface area contributed by atoms with Crippen molar-refractivity contribution in [1.82, 2.24) is 10.1 Å². The van der Waals surface area contributed by atoms with Crippen LogP contribution in [0.15, 0.2) is 22.7 Å². The molecule has 0 aliphatic carbocycles. The lowest BCUT2D eigenvalue weighted by atomic mass is 10.0. The predicted molar refractivity (Wildman–Crippen MR) is 82.2 cm³/mol. The van der Waals surface area contributed by atoms with Crippen LogP contribution in [0, 0.1) is 12.8 Å². The van der Waals surface area contributed by atoms with Crippen LogP contribution in [0.2, 0.25) is 0 Å². The zero-order chi connectivity index (χ0) is 15.4. The number of nitrogens with zero attached hydrogens (tertiary/aromatic N) is 2. The zero-order valence-electron chi connectivity index (χ0n) is 13.1. The highest BCUT2D eigenvalue weighted by molar-refractivity contribution is 5.64. The molecule has 5 nitrogen and oxygen atoms in total. The lowest BCUT2D eigenvalue weighted by Gasteiger charge is -2.10. The molecule has 21 heavy (non-hydrogen) atoms. The van der Waals surface area contributed by atoms with E-state index in [4.69, 9.17) is 15.0 Å². The fourth-order valence-electron chi connectivity index (χ4n) is 2.34. The second-order valence-corrected chi connectivity index (χ2v) is 5.81. The summed E-state index contributed by atoms with van der Waals surface area (Å²) in [5.74, 6) is 2.41. The van der Waals surface area contributed by atoms with E-state index in [0.717, 1.165) is 23.3 Å². The molecule has 0 bridgehead atoms. The average Bonchev–Trinajstić information content (AvgIpc) is 2.85. The maximum Gasteiger partial charge on any atom is 0.228 e. The molecule has 2 rings (SSSR count). The van der Waals surface area contributed by atoms with Crippen molar-refractivity contribution in [2.75, 3.05) is 7.11 Å². The minimum absolute atomic E-state index is 0.0400. The van der Waals surface area contributed by atoms with Crippen LogP contribution in [-0.4, -0.2) is 23.3 Å². The average molecular weight is 289 g/mol. The maximum absolute atomic E-state index is 6.08. The molecule has 1 aromatic heterocycles. The van der Waals surface area contributed by atoms with Gasteiger partial charge in [-0.1, -0.05) is 25.1 Å². The maximum atomic E-state index is 6.08. The Morgan fingerprint density at radius 3 is 2.76 bits per heavy atom. The topological polar surface area (TPSA) is 74.2 Å². The van der Waals surface area contributed by atoms with Gasteiger partial charge in [0.25, 0.3) is 0 Å². The molecule has 0 amide bonds. The molecule has 0 aliphatic heterocycles. The Morgan fingerprint density at radius 1 is 1.33 bits per heavy atom. The largest absolute Gasteiger partial charge is 0.496 e. The van der Waals surface area contributed by atoms with Crippen LogP contribution in [-0.2, 0) is 6.42 Å². The number of ether oxygens (including phenoxy) is 1. The number of aryl methyl sites for hydroxylation is 1. The third-order valence-electron chi connectivity index (χ3n) is 3.28. The van der Waals surface area contributed by atoms with Gasteiger partial charge in [0.1, 0.15) is 5.75 Å². The summed E-state index contributed by atoms with van der Waals surface area (Å²) in [6, 6.07) is 5.93. The molecule has 1 unspecified atom stereocenters. The molecule has 5 heteroatoms. The van der Waals surface area contributed by atoms with Crippen molar-refractivity contribution in [2.45, 2.75) is 39.7 Å². The molecule has 0 spiro atoms. The molecule has 0 aliphatic rings. The first kappa shape index (κ1) is 15.5. The number of nitrogens with two attached hydrogens (primary N) is 1. The van der Waals surface area contributed by atoms with Gasteiger partial charge in [-0.25, -0.2) is 0 Å². The zero-order valence-corrected chi connectivity index (χ0v) is 13.1. The Hall–Kier alpha value is -1.88. The predicted octanol–water partition coefficient (Wildman–Crippen LogP) is 2.97. The lowest BCUT2D eigenvalue weighted by Crippen LogP contribution is -2.24. The SMILES string of the molecule is COc1cc(C)ccc1-c1noc(CC(N)CC(C)C)n1. The normalized spacial score (nSPS) is 12.7. The summed E-state index contributed by atoms with van der Waals surface area (Å²) >= 11 is 0. The number of rotatable bonds is 6. The summed E-state index contributed by atoms with van der Waals surface area (Å²) in [6.07, 6.45) is 1.53. The van der Waals surface area contributed by atoms with Crippen LogP contribution in [0.3, 0.4) is 0 Å². The van der Waals surface area contributed by atoms with Crippen LogP contribution < -0.4 is 10.5 Å². The Morgan fingerprint density at radius 2 is 2.10 bits per heavy atom. The molecule has 1 aromatic carbocycles. The van der Waals surface area contributed by atoms with Crippen LogP contribution in [0.25, 0.3) is 11.4 Å². The van der Waals surface area contributed by atoms with E-state index < -0.39 is 0 Å². The van der Waals surface area contributed by atoms with Gasteiger partial charge in [-0.2, -0.15) is 4.98 Å². The number of hydrogen-bond acceptors (Lipinski definition) is 5. The van der Waals surface area contributed by atoms with Gasteiger partial charge in [0.2, 0.25) is 11.7 Å². The van der Waals surface area contributed by atoms with E-state index in [1.165, 1.54) is 0 Å². The number of methoxy groups -OCH3 is 1. The Kier molecular flexibility index (Phi) is 4.96. The van der Waals surface area contributed by atoms with Crippen molar-refractivity contribution in [3.63, 3.8) is 0 Å². The number of hydrogen-bond donors (Lipinski definition) is 1. The number of aromatic nitrogens is 2. The highest BCUT2D eigenvalue weighted by Gasteiger charge is 2.16. The van der Waals surface area contributed by atoms with Crippen molar-refractivity contribution in [2.24, 2.45) is 11.7 Å². The van der Waals surface area contributed by atoms with Gasteiger partial charge in [0.15, 0.2) is 0 Å². The molecule has 0 fully saturated rings. The van der Waals surface area contributed by atoms with Crippen molar-refractivity contribution in [3.05, 3.63) is 29.7 Å². The molecule has 114 valence electrons. The molecule has 0 radical (unpaired) electrons. The third kappa shape index (κ3) is 4.04. The van der Waals surface area contributed by atoms with Gasteiger partial charge in [0.05, 0.1) is 12.7 Å². The first-order valence-corrected chi connectivity index (χ1v) is 7.22. The van der Waals surface area contributed by atoms with Crippen LogP contribution in [0.5, 0.6) is 5.75 Å². The second-order valence-electron chi connectivity index (χ2n) is 5.81. The van der Waals surface area contributed by atoms with Crippen molar-refractivity contribution >= 4 is 0 Å². The molecular formula is C16H23N3O2. The van der Waals surface area contributed by atoms with Crippen molar-refractivity contribution < 1.29 is 9.26 Å². The minimum Gasteiger partial charge on any atom is -0.496 e. The molecule has 0 saturated heterocycles. The minimum atomic E-state index is 0.0400. The van der Waals surface area contributed by atoms with Gasteiger partial charge < -0.3 is 15.0 Å². The Bertz CT molecular complexity index is 593. The van der Waals surface area contributed by atoms with Gasteiger partial charge >= 0.3 is 0 Å².